The topological polar surface area (TPSA) is 43.4 Å². The lowest BCUT2D eigenvalue weighted by Crippen LogP contribution is -2.37. The van der Waals surface area contributed by atoms with Crippen molar-refractivity contribution in [1.29, 1.82) is 0 Å². The molecule has 0 aromatic rings. The number of methoxy groups -OCH3 is 1. The molecule has 3 nitrogen and oxygen atoms in total. The third-order valence-corrected chi connectivity index (χ3v) is 4.94. The summed E-state index contributed by atoms with van der Waals surface area (Å²) in [6, 6.07) is 0. The summed E-state index contributed by atoms with van der Waals surface area (Å²) in [6.07, 6.45) is 3.06. The second kappa shape index (κ2) is 3.06. The minimum atomic E-state index is -0.286. The Morgan fingerprint density at radius 3 is 2.60 bits per heavy atom. The molecule has 0 N–H and O–H groups in total. The highest BCUT2D eigenvalue weighted by molar-refractivity contribution is 5.90. The van der Waals surface area contributed by atoms with Gasteiger partial charge in [0.25, 0.3) is 0 Å². The molecule has 3 atom stereocenters. The molecule has 0 saturated heterocycles. The number of fused-ring (bicyclic) bond motifs is 2. The fourth-order valence-corrected chi connectivity index (χ4v) is 3.46. The Balaban J connectivity index is 2.29. The van der Waals surface area contributed by atoms with Gasteiger partial charge in [0, 0.05) is 11.8 Å². The summed E-state index contributed by atoms with van der Waals surface area (Å²) in [6.45, 7) is 4.10. The van der Waals surface area contributed by atoms with E-state index in [1.807, 2.05) is 6.92 Å². The van der Waals surface area contributed by atoms with Gasteiger partial charge in [-0.05, 0) is 24.2 Å². The van der Waals surface area contributed by atoms with Crippen LogP contribution in [0.5, 0.6) is 0 Å². The van der Waals surface area contributed by atoms with Gasteiger partial charge < -0.3 is 4.74 Å². The van der Waals surface area contributed by atoms with Gasteiger partial charge in [-0.15, -0.1) is 0 Å². The lowest BCUT2D eigenvalue weighted by Gasteiger charge is -2.35. The SMILES string of the molecule is COC(=O)C[C@]1(C)[C@H]2CC[C@@]1(C)C(=O)C2. The normalized spacial score (nSPS) is 43.4. The molecular weight excluding hydrogens is 192 g/mol. The van der Waals surface area contributed by atoms with E-state index >= 15 is 0 Å². The van der Waals surface area contributed by atoms with Crippen molar-refractivity contribution < 1.29 is 14.3 Å². The first-order valence-electron chi connectivity index (χ1n) is 5.54. The lowest BCUT2D eigenvalue weighted by atomic mass is 9.67. The van der Waals surface area contributed by atoms with Gasteiger partial charge in [-0.1, -0.05) is 13.8 Å². The molecule has 3 heteroatoms. The number of ketones is 1. The van der Waals surface area contributed by atoms with Crippen molar-refractivity contribution in [3.8, 4) is 0 Å². The number of hydrogen-bond acceptors (Lipinski definition) is 3. The van der Waals surface area contributed by atoms with Crippen LogP contribution in [0.2, 0.25) is 0 Å². The molecular formula is C12H18O3. The molecule has 2 bridgehead atoms. The maximum Gasteiger partial charge on any atom is 0.306 e. The van der Waals surface area contributed by atoms with Gasteiger partial charge in [0.1, 0.15) is 5.78 Å². The van der Waals surface area contributed by atoms with Crippen molar-refractivity contribution in [2.45, 2.75) is 39.5 Å². The number of Topliss-reactive ketones (excluding diaryl/α,β-unsaturated/α-hetero) is 1. The highest BCUT2D eigenvalue weighted by Gasteiger charge is 2.64. The maximum atomic E-state index is 11.9. The molecule has 2 saturated carbocycles. The Hall–Kier alpha value is -0.860. The van der Waals surface area contributed by atoms with E-state index in [4.69, 9.17) is 4.74 Å². The van der Waals surface area contributed by atoms with Crippen molar-refractivity contribution in [2.75, 3.05) is 7.11 Å². The number of rotatable bonds is 2. The Morgan fingerprint density at radius 1 is 1.53 bits per heavy atom. The average molecular weight is 210 g/mol. The lowest BCUT2D eigenvalue weighted by molar-refractivity contribution is -0.145. The van der Waals surface area contributed by atoms with Crippen molar-refractivity contribution in [2.24, 2.45) is 16.7 Å². The van der Waals surface area contributed by atoms with Crippen LogP contribution in [0.3, 0.4) is 0 Å². The van der Waals surface area contributed by atoms with Crippen LogP contribution in [0.15, 0.2) is 0 Å². The van der Waals surface area contributed by atoms with E-state index < -0.39 is 0 Å². The molecule has 0 aliphatic heterocycles. The molecule has 0 radical (unpaired) electrons. The minimum Gasteiger partial charge on any atom is -0.469 e. The third-order valence-electron chi connectivity index (χ3n) is 4.94. The number of ether oxygens (including phenoxy) is 1. The molecule has 0 amide bonds. The molecule has 2 aliphatic rings. The van der Waals surface area contributed by atoms with E-state index in [1.165, 1.54) is 7.11 Å². The van der Waals surface area contributed by atoms with Crippen LogP contribution < -0.4 is 0 Å². The highest BCUT2D eigenvalue weighted by atomic mass is 16.5. The Kier molecular flexibility index (Phi) is 2.18. The highest BCUT2D eigenvalue weighted by Crippen LogP contribution is 2.65. The summed E-state index contributed by atoms with van der Waals surface area (Å²) in [5, 5.41) is 0. The summed E-state index contributed by atoms with van der Waals surface area (Å²) in [5.74, 6) is 0.532. The van der Waals surface area contributed by atoms with Crippen LogP contribution in [0.1, 0.15) is 39.5 Å². The van der Waals surface area contributed by atoms with E-state index in [-0.39, 0.29) is 16.8 Å². The summed E-state index contributed by atoms with van der Waals surface area (Å²) in [5.41, 5.74) is -0.455. The van der Waals surface area contributed by atoms with Crippen LogP contribution in [0, 0.1) is 16.7 Å². The number of carbonyl (C=O) groups excluding carboxylic acids is 2. The quantitative estimate of drug-likeness (QED) is 0.654. The van der Waals surface area contributed by atoms with E-state index in [2.05, 4.69) is 6.92 Å². The Bertz CT molecular complexity index is 323. The fraction of sp³-hybridized carbons (Fsp3) is 0.833. The smallest absolute Gasteiger partial charge is 0.306 e. The van der Waals surface area contributed by atoms with Crippen molar-refractivity contribution in [3.63, 3.8) is 0 Å². The first-order chi connectivity index (χ1) is 6.94. The van der Waals surface area contributed by atoms with Crippen molar-refractivity contribution in [1.82, 2.24) is 0 Å². The van der Waals surface area contributed by atoms with E-state index in [9.17, 15) is 9.59 Å². The van der Waals surface area contributed by atoms with Gasteiger partial charge in [0.15, 0.2) is 0 Å². The summed E-state index contributed by atoms with van der Waals surface area (Å²) in [7, 11) is 1.41. The Labute approximate surface area is 90.2 Å². The van der Waals surface area contributed by atoms with Gasteiger partial charge in [-0.2, -0.15) is 0 Å². The zero-order valence-electron chi connectivity index (χ0n) is 9.63. The monoisotopic (exact) mass is 210 g/mol. The van der Waals surface area contributed by atoms with Crippen LogP contribution in [-0.4, -0.2) is 18.9 Å². The Morgan fingerprint density at radius 2 is 2.20 bits per heavy atom. The molecule has 84 valence electrons. The summed E-state index contributed by atoms with van der Waals surface area (Å²) < 4.78 is 4.73. The van der Waals surface area contributed by atoms with Crippen LogP contribution in [0.25, 0.3) is 0 Å². The summed E-state index contributed by atoms with van der Waals surface area (Å²) in [4.78, 5) is 23.3. The van der Waals surface area contributed by atoms with E-state index in [1.54, 1.807) is 0 Å². The van der Waals surface area contributed by atoms with E-state index in [0.29, 0.717) is 24.5 Å². The van der Waals surface area contributed by atoms with Gasteiger partial charge >= 0.3 is 5.97 Å². The van der Waals surface area contributed by atoms with E-state index in [0.717, 1.165) is 12.8 Å². The fourth-order valence-electron chi connectivity index (χ4n) is 3.46. The summed E-state index contributed by atoms with van der Waals surface area (Å²) >= 11 is 0. The predicted molar refractivity (Wildman–Crippen MR) is 55.2 cm³/mol. The minimum absolute atomic E-state index is 0.169. The number of hydrogen-bond donors (Lipinski definition) is 0. The molecule has 0 unspecified atom stereocenters. The third kappa shape index (κ3) is 1.18. The molecule has 15 heavy (non-hydrogen) atoms. The zero-order valence-corrected chi connectivity index (χ0v) is 9.63. The largest absolute Gasteiger partial charge is 0.469 e. The second-order valence-corrected chi connectivity index (χ2v) is 5.37. The standard InChI is InChI=1S/C12H18O3/c1-11-5-4-8(6-9(11)13)12(11,2)7-10(14)15-3/h8H,4-7H2,1-3H3/t8-,11-,12+/m0/s1. The first kappa shape index (κ1) is 10.7. The van der Waals surface area contributed by atoms with Crippen molar-refractivity contribution in [3.05, 3.63) is 0 Å². The van der Waals surface area contributed by atoms with Gasteiger partial charge in [0.05, 0.1) is 13.5 Å². The second-order valence-electron chi connectivity index (χ2n) is 5.37. The maximum absolute atomic E-state index is 11.9. The van der Waals surface area contributed by atoms with Gasteiger partial charge in [0.2, 0.25) is 0 Å². The van der Waals surface area contributed by atoms with Gasteiger partial charge in [-0.3, -0.25) is 9.59 Å². The van der Waals surface area contributed by atoms with Crippen molar-refractivity contribution >= 4 is 11.8 Å². The van der Waals surface area contributed by atoms with Crippen LogP contribution in [0.4, 0.5) is 0 Å². The first-order valence-corrected chi connectivity index (χ1v) is 5.54. The molecule has 2 fully saturated rings. The molecule has 0 aromatic carbocycles. The number of esters is 1. The zero-order chi connectivity index (χ0) is 11.3. The average Bonchev–Trinajstić information content (AvgIpc) is 2.52. The molecule has 0 heterocycles. The van der Waals surface area contributed by atoms with Crippen LogP contribution in [-0.2, 0) is 14.3 Å². The predicted octanol–water partition coefficient (Wildman–Crippen LogP) is 1.94. The molecule has 0 aromatic heterocycles. The molecule has 2 aliphatic carbocycles. The van der Waals surface area contributed by atoms with Crippen LogP contribution >= 0.6 is 0 Å². The molecule has 2 rings (SSSR count). The molecule has 0 spiro atoms. The number of carbonyl (C=O) groups is 2. The van der Waals surface area contributed by atoms with Gasteiger partial charge in [-0.25, -0.2) is 0 Å².